The zero-order valence-electron chi connectivity index (χ0n) is 16.3. The molecule has 0 fully saturated rings. The summed E-state index contributed by atoms with van der Waals surface area (Å²) in [4.78, 5) is 31.9. The third kappa shape index (κ3) is 5.61. The molecule has 0 spiro atoms. The van der Waals surface area contributed by atoms with Gasteiger partial charge in [0.15, 0.2) is 5.16 Å². The molecule has 0 aliphatic heterocycles. The molecule has 0 aliphatic carbocycles. The highest BCUT2D eigenvalue weighted by molar-refractivity contribution is 7.98. The third-order valence-corrected chi connectivity index (χ3v) is 5.49. The van der Waals surface area contributed by atoms with Crippen LogP contribution in [0.3, 0.4) is 0 Å². The molecule has 3 rings (SSSR count). The Morgan fingerprint density at radius 3 is 2.80 bits per heavy atom. The highest BCUT2D eigenvalue weighted by Crippen LogP contribution is 2.22. The lowest BCUT2D eigenvalue weighted by Gasteiger charge is -2.09. The Morgan fingerprint density at radius 2 is 2.10 bits per heavy atom. The van der Waals surface area contributed by atoms with Crippen LogP contribution in [0, 0.1) is 12.7 Å². The van der Waals surface area contributed by atoms with E-state index in [1.54, 1.807) is 14.0 Å². The van der Waals surface area contributed by atoms with Gasteiger partial charge in [-0.05, 0) is 42.8 Å². The average Bonchev–Trinajstić information content (AvgIpc) is 2.72. The van der Waals surface area contributed by atoms with Crippen molar-refractivity contribution in [2.45, 2.75) is 24.3 Å². The van der Waals surface area contributed by atoms with Gasteiger partial charge in [-0.25, -0.2) is 9.37 Å². The summed E-state index contributed by atoms with van der Waals surface area (Å²) in [5, 5.41) is 2.97. The molecule has 0 unspecified atom stereocenters. The van der Waals surface area contributed by atoms with Crippen molar-refractivity contribution < 1.29 is 13.9 Å². The van der Waals surface area contributed by atoms with Gasteiger partial charge in [-0.3, -0.25) is 9.59 Å². The van der Waals surface area contributed by atoms with Gasteiger partial charge in [-0.2, -0.15) is 0 Å². The minimum atomic E-state index is -0.576. The molecule has 2 aromatic carbocycles. The topological polar surface area (TPSA) is 84.1 Å². The Labute approximate surface area is 181 Å². The second-order valence-electron chi connectivity index (χ2n) is 6.43. The number of amides is 1. The SMILES string of the molecule is COc1cccc(CSc2nc(C)c(CC(=O)Nc3ccc(F)c(Cl)c3)c(=O)[nH]2)c1. The van der Waals surface area contributed by atoms with E-state index in [9.17, 15) is 14.0 Å². The lowest BCUT2D eigenvalue weighted by Crippen LogP contribution is -2.23. The van der Waals surface area contributed by atoms with E-state index in [1.165, 1.54) is 23.9 Å². The highest BCUT2D eigenvalue weighted by atomic mass is 35.5. The van der Waals surface area contributed by atoms with Gasteiger partial charge in [0.25, 0.3) is 5.56 Å². The number of methoxy groups -OCH3 is 1. The molecule has 0 saturated carbocycles. The van der Waals surface area contributed by atoms with E-state index in [-0.39, 0.29) is 22.6 Å². The van der Waals surface area contributed by atoms with Gasteiger partial charge >= 0.3 is 0 Å². The van der Waals surface area contributed by atoms with Crippen LogP contribution in [0.15, 0.2) is 52.4 Å². The summed E-state index contributed by atoms with van der Waals surface area (Å²) in [5.74, 6) is 0.359. The van der Waals surface area contributed by atoms with Gasteiger partial charge in [0, 0.05) is 22.7 Å². The Morgan fingerprint density at radius 1 is 1.30 bits per heavy atom. The normalized spacial score (nSPS) is 10.7. The van der Waals surface area contributed by atoms with Gasteiger partial charge in [0.2, 0.25) is 5.91 Å². The van der Waals surface area contributed by atoms with Gasteiger partial charge in [0.05, 0.1) is 18.6 Å². The summed E-state index contributed by atoms with van der Waals surface area (Å²) in [7, 11) is 1.61. The second kappa shape index (κ2) is 9.77. The number of thioether (sulfide) groups is 1. The molecule has 0 bridgehead atoms. The number of hydrogen-bond donors (Lipinski definition) is 2. The number of aryl methyl sites for hydroxylation is 1. The maximum atomic E-state index is 13.2. The van der Waals surface area contributed by atoms with Crippen molar-refractivity contribution in [2.75, 3.05) is 12.4 Å². The molecule has 30 heavy (non-hydrogen) atoms. The number of aromatic nitrogens is 2. The minimum Gasteiger partial charge on any atom is -0.497 e. The lowest BCUT2D eigenvalue weighted by atomic mass is 10.1. The Kier molecular flexibility index (Phi) is 7.12. The largest absolute Gasteiger partial charge is 0.497 e. The highest BCUT2D eigenvalue weighted by Gasteiger charge is 2.14. The zero-order chi connectivity index (χ0) is 21.7. The van der Waals surface area contributed by atoms with E-state index in [0.29, 0.717) is 22.3 Å². The molecule has 1 amide bonds. The molecule has 0 saturated heterocycles. The van der Waals surface area contributed by atoms with Crippen molar-refractivity contribution in [3.05, 3.63) is 80.5 Å². The van der Waals surface area contributed by atoms with E-state index < -0.39 is 11.7 Å². The predicted octanol–water partition coefficient (Wildman–Crippen LogP) is 4.35. The third-order valence-electron chi connectivity index (χ3n) is 4.25. The smallest absolute Gasteiger partial charge is 0.255 e. The number of nitrogens with zero attached hydrogens (tertiary/aromatic N) is 1. The van der Waals surface area contributed by atoms with Crippen molar-refractivity contribution >= 4 is 35.0 Å². The molecular weight excluding hydrogens is 429 g/mol. The van der Waals surface area contributed by atoms with Crippen molar-refractivity contribution in [3.63, 3.8) is 0 Å². The number of halogens is 2. The van der Waals surface area contributed by atoms with Crippen LogP contribution >= 0.6 is 23.4 Å². The van der Waals surface area contributed by atoms with E-state index in [1.807, 2.05) is 24.3 Å². The van der Waals surface area contributed by atoms with Crippen LogP contribution in [0.5, 0.6) is 5.75 Å². The molecule has 0 aliphatic rings. The number of ether oxygens (including phenoxy) is 1. The van der Waals surface area contributed by atoms with Crippen molar-refractivity contribution in [3.8, 4) is 5.75 Å². The van der Waals surface area contributed by atoms with Crippen LogP contribution in [-0.2, 0) is 17.0 Å². The lowest BCUT2D eigenvalue weighted by molar-refractivity contribution is -0.115. The van der Waals surface area contributed by atoms with E-state index in [2.05, 4.69) is 15.3 Å². The maximum absolute atomic E-state index is 13.2. The van der Waals surface area contributed by atoms with Crippen molar-refractivity contribution in [2.24, 2.45) is 0 Å². The molecule has 0 radical (unpaired) electrons. The molecule has 3 aromatic rings. The second-order valence-corrected chi connectivity index (χ2v) is 7.80. The molecule has 1 heterocycles. The fourth-order valence-electron chi connectivity index (χ4n) is 2.71. The summed E-state index contributed by atoms with van der Waals surface area (Å²) in [5.41, 5.74) is 1.74. The van der Waals surface area contributed by atoms with Crippen LogP contribution in [-0.4, -0.2) is 23.0 Å². The number of rotatable bonds is 7. The molecule has 6 nitrogen and oxygen atoms in total. The number of nitrogens with one attached hydrogen (secondary N) is 2. The fraction of sp³-hybridized carbons (Fsp3) is 0.190. The number of benzene rings is 2. The monoisotopic (exact) mass is 447 g/mol. The molecule has 1 aromatic heterocycles. The van der Waals surface area contributed by atoms with Crippen LogP contribution in [0.25, 0.3) is 0 Å². The van der Waals surface area contributed by atoms with Gasteiger partial charge < -0.3 is 15.0 Å². The molecular formula is C21H19ClFN3O3S. The number of anilines is 1. The Bertz CT molecular complexity index is 1140. The molecule has 156 valence electrons. The molecule has 0 atom stereocenters. The Balaban J connectivity index is 1.67. The predicted molar refractivity (Wildman–Crippen MR) is 116 cm³/mol. The number of H-pyrrole nitrogens is 1. The van der Waals surface area contributed by atoms with Crippen molar-refractivity contribution in [1.82, 2.24) is 9.97 Å². The van der Waals surface area contributed by atoms with Crippen LogP contribution in [0.2, 0.25) is 5.02 Å². The quantitative estimate of drug-likeness (QED) is 0.415. The first-order valence-corrected chi connectivity index (χ1v) is 10.3. The number of carbonyl (C=O) groups is 1. The summed E-state index contributed by atoms with van der Waals surface area (Å²) in [6, 6.07) is 11.5. The van der Waals surface area contributed by atoms with Crippen LogP contribution < -0.4 is 15.6 Å². The molecule has 2 N–H and O–H groups in total. The van der Waals surface area contributed by atoms with E-state index in [4.69, 9.17) is 16.3 Å². The van der Waals surface area contributed by atoms with E-state index in [0.717, 1.165) is 17.4 Å². The first-order valence-electron chi connectivity index (χ1n) is 8.96. The van der Waals surface area contributed by atoms with E-state index >= 15 is 0 Å². The van der Waals surface area contributed by atoms with Gasteiger partial charge in [-0.15, -0.1) is 0 Å². The summed E-state index contributed by atoms with van der Waals surface area (Å²) in [6.07, 6.45) is -0.163. The van der Waals surface area contributed by atoms with Crippen LogP contribution in [0.1, 0.15) is 16.8 Å². The fourth-order valence-corrected chi connectivity index (χ4v) is 3.74. The number of carbonyl (C=O) groups excluding carboxylic acids is 1. The first-order chi connectivity index (χ1) is 14.4. The average molecular weight is 448 g/mol. The van der Waals surface area contributed by atoms with Gasteiger partial charge in [0.1, 0.15) is 11.6 Å². The standard InChI is InChI=1S/C21H19ClFN3O3S/c1-12-16(10-19(27)25-14-6-7-18(23)17(22)9-14)20(28)26-21(24-12)30-11-13-4-3-5-15(8-13)29-2/h3-9H,10-11H2,1-2H3,(H,25,27)(H,24,26,28). The maximum Gasteiger partial charge on any atom is 0.255 e. The molecule has 9 heteroatoms. The number of aromatic amines is 1. The summed E-state index contributed by atoms with van der Waals surface area (Å²) in [6.45, 7) is 1.68. The van der Waals surface area contributed by atoms with Crippen LogP contribution in [0.4, 0.5) is 10.1 Å². The van der Waals surface area contributed by atoms with Gasteiger partial charge in [-0.1, -0.05) is 35.5 Å². The summed E-state index contributed by atoms with van der Waals surface area (Å²) < 4.78 is 18.4. The zero-order valence-corrected chi connectivity index (χ0v) is 17.9. The number of hydrogen-bond acceptors (Lipinski definition) is 5. The first kappa shape index (κ1) is 21.9. The van der Waals surface area contributed by atoms with Crippen molar-refractivity contribution in [1.29, 1.82) is 0 Å². The minimum absolute atomic E-state index is 0.0964. The Hall–Kier alpha value is -2.84. The summed E-state index contributed by atoms with van der Waals surface area (Å²) >= 11 is 7.10.